The highest BCUT2D eigenvalue weighted by molar-refractivity contribution is 7.93. The maximum absolute atomic E-state index is 14.0. The second-order valence-corrected chi connectivity index (χ2v) is 13.1. The number of aryl methyl sites for hydroxylation is 1. The number of aliphatic carboxylic acids is 1. The van der Waals surface area contributed by atoms with E-state index < -0.39 is 33.5 Å². The molecule has 1 unspecified atom stereocenters. The predicted molar refractivity (Wildman–Crippen MR) is 160 cm³/mol. The molecule has 4 aromatic rings. The average molecular weight is 598 g/mol. The summed E-state index contributed by atoms with van der Waals surface area (Å²) in [7, 11) is -2.86. The number of nitrogens with two attached hydrogens (primary N) is 1. The third-order valence-electron chi connectivity index (χ3n) is 6.01. The number of nitrogens with one attached hydrogen (secondary N) is 2. The summed E-state index contributed by atoms with van der Waals surface area (Å²) >= 11 is 1.40. The molecule has 0 aliphatic heterocycles. The Morgan fingerprint density at radius 3 is 2.63 bits per heavy atom. The zero-order valence-electron chi connectivity index (χ0n) is 22.3. The van der Waals surface area contributed by atoms with Crippen molar-refractivity contribution in [2.24, 2.45) is 4.36 Å². The van der Waals surface area contributed by atoms with Gasteiger partial charge >= 0.3 is 12.0 Å². The van der Waals surface area contributed by atoms with Crippen molar-refractivity contribution in [3.8, 4) is 10.4 Å². The summed E-state index contributed by atoms with van der Waals surface area (Å²) < 4.78 is 31.5. The zero-order chi connectivity index (χ0) is 29.7. The lowest BCUT2D eigenvalue weighted by atomic mass is 10.1. The van der Waals surface area contributed by atoms with Crippen LogP contribution in [0.4, 0.5) is 26.4 Å². The quantitative estimate of drug-likeness (QED) is 0.169. The van der Waals surface area contributed by atoms with Gasteiger partial charge in [-0.3, -0.25) is 9.59 Å². The number of urea groups is 1. The molecule has 0 spiro atoms. The van der Waals surface area contributed by atoms with Gasteiger partial charge in [0.05, 0.1) is 21.0 Å². The maximum Gasteiger partial charge on any atom is 0.323 e. The Bertz CT molecular complexity index is 1780. The van der Waals surface area contributed by atoms with E-state index in [2.05, 4.69) is 20.0 Å². The van der Waals surface area contributed by atoms with Crippen molar-refractivity contribution >= 4 is 66.3 Å². The Balaban J connectivity index is 1.51. The number of anilines is 3. The number of carbonyl (C=O) groups is 3. The van der Waals surface area contributed by atoms with E-state index in [1.165, 1.54) is 35.9 Å². The van der Waals surface area contributed by atoms with Crippen LogP contribution in [0.2, 0.25) is 0 Å². The smallest absolute Gasteiger partial charge is 0.323 e. The number of nitrogen functional groups attached to an aromatic ring is 1. The number of carbonyl (C=O) groups excluding carboxylic acids is 2. The first-order valence-electron chi connectivity index (χ1n) is 12.5. The fourth-order valence-corrected chi connectivity index (χ4v) is 6.34. The topological polar surface area (TPSA) is 164 Å². The minimum atomic E-state index is -2.86. The predicted octanol–water partition coefficient (Wildman–Crippen LogP) is 6.13. The summed E-state index contributed by atoms with van der Waals surface area (Å²) in [6, 6.07) is 12.5. The van der Waals surface area contributed by atoms with Crippen LogP contribution in [0.25, 0.3) is 20.5 Å². The van der Waals surface area contributed by atoms with Gasteiger partial charge in [-0.05, 0) is 73.2 Å². The zero-order valence-corrected chi connectivity index (χ0v) is 23.9. The van der Waals surface area contributed by atoms with Crippen molar-refractivity contribution in [1.82, 2.24) is 4.98 Å². The Morgan fingerprint density at radius 1 is 1.10 bits per heavy atom. The number of aromatic nitrogens is 1. The van der Waals surface area contributed by atoms with Crippen LogP contribution >= 0.6 is 11.3 Å². The first kappa shape index (κ1) is 29.6. The van der Waals surface area contributed by atoms with Gasteiger partial charge in [0, 0.05) is 45.5 Å². The molecule has 2 aromatic carbocycles. The van der Waals surface area contributed by atoms with Gasteiger partial charge in [-0.1, -0.05) is 6.07 Å². The molecule has 0 bridgehead atoms. The van der Waals surface area contributed by atoms with Crippen molar-refractivity contribution in [3.05, 3.63) is 71.7 Å². The molecule has 0 fully saturated rings. The van der Waals surface area contributed by atoms with Crippen molar-refractivity contribution in [2.45, 2.75) is 26.2 Å². The molecule has 214 valence electrons. The van der Waals surface area contributed by atoms with E-state index >= 15 is 0 Å². The molecule has 0 radical (unpaired) electrons. The standard InChI is InChI=1S/C28H28FN5O5S2/c1-16-6-8-21(29)22(11-16)33-28(38)32-19-7-9-23-17(12-19)14-24(40-23)20-13-18(15-31-26(20)30)27(37)34-41(2,39)10-4-3-5-25(35)36/h6-9,11-15H,3-5,10H2,1-2H3,(H2,30,31)(H,35,36)(H2,32,33,38). The number of carboxylic acid groups (broad SMARTS) is 1. The van der Waals surface area contributed by atoms with Crippen molar-refractivity contribution < 1.29 is 28.1 Å². The van der Waals surface area contributed by atoms with Gasteiger partial charge in [-0.25, -0.2) is 18.4 Å². The minimum Gasteiger partial charge on any atom is -0.481 e. The lowest BCUT2D eigenvalue weighted by Gasteiger charge is -2.09. The molecule has 2 aromatic heterocycles. The first-order chi connectivity index (χ1) is 19.4. The number of pyridine rings is 1. The van der Waals surface area contributed by atoms with Gasteiger partial charge < -0.3 is 21.5 Å². The van der Waals surface area contributed by atoms with E-state index in [1.54, 1.807) is 31.2 Å². The highest BCUT2D eigenvalue weighted by Crippen LogP contribution is 2.37. The number of amides is 3. The van der Waals surface area contributed by atoms with Crippen LogP contribution in [0.3, 0.4) is 0 Å². The Morgan fingerprint density at radius 2 is 1.88 bits per heavy atom. The van der Waals surface area contributed by atoms with Gasteiger partial charge in [-0.15, -0.1) is 11.3 Å². The van der Waals surface area contributed by atoms with E-state index in [1.807, 2.05) is 12.1 Å². The lowest BCUT2D eigenvalue weighted by Crippen LogP contribution is -2.20. The van der Waals surface area contributed by atoms with Crippen LogP contribution in [0.1, 0.15) is 35.2 Å². The third kappa shape index (κ3) is 7.86. The Kier molecular flexibility index (Phi) is 8.98. The minimum absolute atomic E-state index is 0.0397. The molecular formula is C28H28FN5O5S2. The van der Waals surface area contributed by atoms with Gasteiger partial charge in [0.15, 0.2) is 0 Å². The Labute approximate surface area is 240 Å². The van der Waals surface area contributed by atoms with Crippen molar-refractivity contribution in [2.75, 3.05) is 28.4 Å². The molecule has 2 heterocycles. The highest BCUT2D eigenvalue weighted by Gasteiger charge is 2.16. The average Bonchev–Trinajstić information content (AvgIpc) is 3.32. The molecule has 1 atom stereocenters. The largest absolute Gasteiger partial charge is 0.481 e. The molecule has 0 aliphatic rings. The van der Waals surface area contributed by atoms with Crippen LogP contribution in [-0.2, 0) is 14.5 Å². The molecule has 0 saturated carbocycles. The number of halogens is 1. The fourth-order valence-electron chi connectivity index (χ4n) is 3.98. The molecule has 13 heteroatoms. The van der Waals surface area contributed by atoms with E-state index in [0.29, 0.717) is 29.0 Å². The second-order valence-electron chi connectivity index (χ2n) is 9.49. The van der Waals surface area contributed by atoms with Gasteiger partial charge in [0.2, 0.25) is 0 Å². The summed E-state index contributed by atoms with van der Waals surface area (Å²) in [5.74, 6) is -1.88. The third-order valence-corrected chi connectivity index (χ3v) is 8.76. The molecule has 5 N–H and O–H groups in total. The van der Waals surface area contributed by atoms with Crippen LogP contribution in [0.15, 0.2) is 59.1 Å². The SMILES string of the molecule is Cc1ccc(F)c(NC(=O)Nc2ccc3sc(-c4cc(C(=O)N=S(C)(=O)CCCCC(=O)O)cnc4N)cc3c2)c1. The maximum atomic E-state index is 14.0. The molecule has 3 amide bonds. The van der Waals surface area contributed by atoms with Crippen LogP contribution < -0.4 is 16.4 Å². The normalized spacial score (nSPS) is 12.5. The summed E-state index contributed by atoms with van der Waals surface area (Å²) in [5, 5.41) is 14.7. The Hall–Kier alpha value is -4.36. The number of benzene rings is 2. The van der Waals surface area contributed by atoms with E-state index in [9.17, 15) is 23.0 Å². The number of hydrogen-bond donors (Lipinski definition) is 4. The molecule has 0 aliphatic carbocycles. The number of nitrogens with zero attached hydrogens (tertiary/aromatic N) is 2. The lowest BCUT2D eigenvalue weighted by molar-refractivity contribution is -0.137. The van der Waals surface area contributed by atoms with Gasteiger partial charge in [-0.2, -0.15) is 4.36 Å². The van der Waals surface area contributed by atoms with Crippen LogP contribution in [0.5, 0.6) is 0 Å². The number of hydrogen-bond acceptors (Lipinski definition) is 7. The first-order valence-corrected chi connectivity index (χ1v) is 15.4. The second kappa shape index (κ2) is 12.4. The number of thiophene rings is 1. The molecule has 41 heavy (non-hydrogen) atoms. The fraction of sp³-hybridized carbons (Fsp3) is 0.214. The highest BCUT2D eigenvalue weighted by atomic mass is 32.2. The number of carboxylic acids is 1. The number of rotatable bonds is 9. The van der Waals surface area contributed by atoms with E-state index in [0.717, 1.165) is 15.6 Å². The summed E-state index contributed by atoms with van der Waals surface area (Å²) in [4.78, 5) is 40.8. The van der Waals surface area contributed by atoms with E-state index in [-0.39, 0.29) is 29.2 Å². The molecule has 0 saturated heterocycles. The van der Waals surface area contributed by atoms with E-state index in [4.69, 9.17) is 10.8 Å². The number of unbranched alkanes of at least 4 members (excludes halogenated alkanes) is 1. The van der Waals surface area contributed by atoms with Gasteiger partial charge in [0.25, 0.3) is 5.91 Å². The van der Waals surface area contributed by atoms with Crippen LogP contribution in [0, 0.1) is 12.7 Å². The summed E-state index contributed by atoms with van der Waals surface area (Å²) in [6.07, 6.45) is 3.31. The van der Waals surface area contributed by atoms with Crippen molar-refractivity contribution in [3.63, 3.8) is 0 Å². The molecular weight excluding hydrogens is 569 g/mol. The monoisotopic (exact) mass is 597 g/mol. The molecule has 10 nitrogen and oxygen atoms in total. The van der Waals surface area contributed by atoms with Crippen molar-refractivity contribution in [1.29, 1.82) is 0 Å². The molecule has 4 rings (SSSR count). The van der Waals surface area contributed by atoms with Gasteiger partial charge in [0.1, 0.15) is 11.6 Å². The summed E-state index contributed by atoms with van der Waals surface area (Å²) in [5.41, 5.74) is 8.10. The summed E-state index contributed by atoms with van der Waals surface area (Å²) in [6.45, 7) is 1.79. The number of fused-ring (bicyclic) bond motifs is 1. The van der Waals surface area contributed by atoms with Crippen LogP contribution in [-0.4, -0.2) is 44.2 Å².